The van der Waals surface area contributed by atoms with E-state index in [1.807, 2.05) is 39.6 Å². The summed E-state index contributed by atoms with van der Waals surface area (Å²) in [5.74, 6) is 0.135. The van der Waals surface area contributed by atoms with Crippen LogP contribution in [0.1, 0.15) is 53.9 Å². The van der Waals surface area contributed by atoms with Crippen molar-refractivity contribution in [1.29, 1.82) is 0 Å². The summed E-state index contributed by atoms with van der Waals surface area (Å²) >= 11 is 0. The molecule has 3 nitrogen and oxygen atoms in total. The van der Waals surface area contributed by atoms with Gasteiger partial charge in [-0.15, -0.1) is 0 Å². The van der Waals surface area contributed by atoms with Gasteiger partial charge in [-0.3, -0.25) is 4.79 Å². The van der Waals surface area contributed by atoms with Gasteiger partial charge in [0.05, 0.1) is 5.41 Å². The van der Waals surface area contributed by atoms with Crippen molar-refractivity contribution in [2.24, 2.45) is 11.1 Å². The number of rotatable bonds is 6. The lowest BCUT2D eigenvalue weighted by atomic mass is 9.74. The van der Waals surface area contributed by atoms with Crippen molar-refractivity contribution in [2.75, 3.05) is 13.6 Å². The molecule has 0 fully saturated rings. The SMILES string of the molecule is CCCCCN(C)C(=O)C(C)(C)C(C)(C)N. The maximum absolute atomic E-state index is 12.3. The summed E-state index contributed by atoms with van der Waals surface area (Å²) in [4.78, 5) is 14.1. The molecule has 2 N–H and O–H groups in total. The van der Waals surface area contributed by atoms with Gasteiger partial charge in [-0.05, 0) is 34.1 Å². The molecular formula is C13H28N2O. The third-order valence-corrected chi connectivity index (χ3v) is 3.59. The molecule has 0 aliphatic heterocycles. The quantitative estimate of drug-likeness (QED) is 0.710. The van der Waals surface area contributed by atoms with E-state index in [1.165, 1.54) is 12.8 Å². The molecular weight excluding hydrogens is 200 g/mol. The molecule has 16 heavy (non-hydrogen) atoms. The molecule has 0 saturated carbocycles. The summed E-state index contributed by atoms with van der Waals surface area (Å²) in [6, 6.07) is 0. The lowest BCUT2D eigenvalue weighted by molar-refractivity contribution is -0.142. The maximum atomic E-state index is 12.3. The zero-order valence-corrected chi connectivity index (χ0v) is 11.8. The van der Waals surface area contributed by atoms with Crippen LogP contribution in [0.4, 0.5) is 0 Å². The first-order chi connectivity index (χ1) is 7.14. The van der Waals surface area contributed by atoms with Crippen LogP contribution in [0.3, 0.4) is 0 Å². The first-order valence-electron chi connectivity index (χ1n) is 6.19. The highest BCUT2D eigenvalue weighted by Gasteiger charge is 2.41. The van der Waals surface area contributed by atoms with Crippen LogP contribution in [-0.2, 0) is 4.79 Å². The van der Waals surface area contributed by atoms with Crippen molar-refractivity contribution < 1.29 is 4.79 Å². The lowest BCUT2D eigenvalue weighted by Crippen LogP contribution is -2.55. The van der Waals surface area contributed by atoms with Crippen LogP contribution >= 0.6 is 0 Å². The van der Waals surface area contributed by atoms with Crippen LogP contribution < -0.4 is 5.73 Å². The Bertz CT molecular complexity index is 229. The third kappa shape index (κ3) is 3.78. The maximum Gasteiger partial charge on any atom is 0.229 e. The fourth-order valence-corrected chi connectivity index (χ4v) is 1.45. The molecule has 0 spiro atoms. The van der Waals surface area contributed by atoms with Crippen LogP contribution in [0.2, 0.25) is 0 Å². The van der Waals surface area contributed by atoms with Crippen LogP contribution in [0.5, 0.6) is 0 Å². The number of hydrogen-bond donors (Lipinski definition) is 1. The molecule has 0 radical (unpaired) electrons. The highest BCUT2D eigenvalue weighted by atomic mass is 16.2. The van der Waals surface area contributed by atoms with Gasteiger partial charge in [0, 0.05) is 19.1 Å². The number of amides is 1. The Morgan fingerprint density at radius 3 is 2.06 bits per heavy atom. The Morgan fingerprint density at radius 2 is 1.69 bits per heavy atom. The summed E-state index contributed by atoms with van der Waals surface area (Å²) in [5.41, 5.74) is 5.04. The second-order valence-electron chi connectivity index (χ2n) is 5.78. The lowest BCUT2D eigenvalue weighted by Gasteiger charge is -2.39. The van der Waals surface area contributed by atoms with Crippen molar-refractivity contribution in [3.63, 3.8) is 0 Å². The molecule has 0 bridgehead atoms. The molecule has 1 amide bonds. The summed E-state index contributed by atoms with van der Waals surface area (Å²) in [6.45, 7) is 10.6. The predicted molar refractivity (Wildman–Crippen MR) is 69.2 cm³/mol. The minimum atomic E-state index is -0.520. The largest absolute Gasteiger partial charge is 0.345 e. The molecule has 0 aromatic carbocycles. The zero-order chi connectivity index (χ0) is 13.0. The first kappa shape index (κ1) is 15.4. The molecule has 0 aliphatic carbocycles. The fourth-order valence-electron chi connectivity index (χ4n) is 1.45. The predicted octanol–water partition coefficient (Wildman–Crippen LogP) is 2.40. The van der Waals surface area contributed by atoms with E-state index in [0.29, 0.717) is 0 Å². The van der Waals surface area contributed by atoms with Gasteiger partial charge in [-0.1, -0.05) is 19.8 Å². The highest BCUT2D eigenvalue weighted by Crippen LogP contribution is 2.30. The van der Waals surface area contributed by atoms with Crippen molar-refractivity contribution >= 4 is 5.91 Å². The van der Waals surface area contributed by atoms with E-state index >= 15 is 0 Å². The van der Waals surface area contributed by atoms with Crippen molar-refractivity contribution in [1.82, 2.24) is 4.90 Å². The fraction of sp³-hybridized carbons (Fsp3) is 0.923. The monoisotopic (exact) mass is 228 g/mol. The average Bonchev–Trinajstić information content (AvgIpc) is 2.15. The molecule has 0 aliphatic rings. The second-order valence-corrected chi connectivity index (χ2v) is 5.78. The zero-order valence-electron chi connectivity index (χ0n) is 11.8. The highest BCUT2D eigenvalue weighted by molar-refractivity contribution is 5.83. The molecule has 0 rings (SSSR count). The molecule has 0 unspecified atom stereocenters. The molecule has 0 aromatic heterocycles. The topological polar surface area (TPSA) is 46.3 Å². The van der Waals surface area contributed by atoms with Gasteiger partial charge in [0.1, 0.15) is 0 Å². The van der Waals surface area contributed by atoms with E-state index in [9.17, 15) is 4.79 Å². The number of unbranched alkanes of at least 4 members (excludes halogenated alkanes) is 2. The summed E-state index contributed by atoms with van der Waals surface area (Å²) < 4.78 is 0. The van der Waals surface area contributed by atoms with E-state index in [-0.39, 0.29) is 5.91 Å². The summed E-state index contributed by atoms with van der Waals surface area (Å²) in [7, 11) is 1.87. The summed E-state index contributed by atoms with van der Waals surface area (Å²) in [5, 5.41) is 0. The van der Waals surface area contributed by atoms with Crippen molar-refractivity contribution in [3.8, 4) is 0 Å². The van der Waals surface area contributed by atoms with Gasteiger partial charge in [-0.25, -0.2) is 0 Å². The van der Waals surface area contributed by atoms with Gasteiger partial charge < -0.3 is 10.6 Å². The number of hydrogen-bond acceptors (Lipinski definition) is 2. The van der Waals surface area contributed by atoms with Gasteiger partial charge in [0.25, 0.3) is 0 Å². The normalized spacial score (nSPS) is 12.7. The van der Waals surface area contributed by atoms with E-state index < -0.39 is 11.0 Å². The van der Waals surface area contributed by atoms with Gasteiger partial charge in [0.15, 0.2) is 0 Å². The number of nitrogens with zero attached hydrogens (tertiary/aromatic N) is 1. The molecule has 0 saturated heterocycles. The van der Waals surface area contributed by atoms with Crippen LogP contribution in [0, 0.1) is 5.41 Å². The Balaban J connectivity index is 4.43. The Morgan fingerprint density at radius 1 is 1.19 bits per heavy atom. The van der Waals surface area contributed by atoms with Crippen LogP contribution in [-0.4, -0.2) is 29.9 Å². The second kappa shape index (κ2) is 5.67. The van der Waals surface area contributed by atoms with Gasteiger partial charge in [0.2, 0.25) is 5.91 Å². The number of carbonyl (C=O) groups is 1. The minimum absolute atomic E-state index is 0.135. The summed E-state index contributed by atoms with van der Waals surface area (Å²) in [6.07, 6.45) is 3.41. The third-order valence-electron chi connectivity index (χ3n) is 3.59. The van der Waals surface area contributed by atoms with E-state index in [0.717, 1.165) is 13.0 Å². The van der Waals surface area contributed by atoms with E-state index in [2.05, 4.69) is 6.92 Å². The molecule has 96 valence electrons. The number of carbonyl (C=O) groups excluding carboxylic acids is 1. The average molecular weight is 228 g/mol. The van der Waals surface area contributed by atoms with Crippen molar-refractivity contribution in [2.45, 2.75) is 59.4 Å². The van der Waals surface area contributed by atoms with Gasteiger partial charge in [-0.2, -0.15) is 0 Å². The smallest absolute Gasteiger partial charge is 0.229 e. The number of nitrogens with two attached hydrogens (primary N) is 1. The van der Waals surface area contributed by atoms with Crippen LogP contribution in [0.25, 0.3) is 0 Å². The molecule has 0 aromatic rings. The van der Waals surface area contributed by atoms with E-state index in [1.54, 1.807) is 0 Å². The van der Waals surface area contributed by atoms with E-state index in [4.69, 9.17) is 5.73 Å². The standard InChI is InChI=1S/C13H28N2O/c1-7-8-9-10-15(6)11(16)12(2,3)13(4,5)14/h7-10,14H2,1-6H3. The molecule has 3 heteroatoms. The molecule has 0 heterocycles. The van der Waals surface area contributed by atoms with Gasteiger partial charge >= 0.3 is 0 Å². The van der Waals surface area contributed by atoms with Crippen molar-refractivity contribution in [3.05, 3.63) is 0 Å². The molecule has 0 atom stereocenters. The Hall–Kier alpha value is -0.570. The Labute approximate surface area is 100 Å². The first-order valence-corrected chi connectivity index (χ1v) is 6.19. The Kier molecular flexibility index (Phi) is 5.47. The minimum Gasteiger partial charge on any atom is -0.345 e. The van der Waals surface area contributed by atoms with Crippen LogP contribution in [0.15, 0.2) is 0 Å².